The lowest BCUT2D eigenvalue weighted by Gasteiger charge is -2.24. The molecule has 2 aromatic carbocycles. The Kier molecular flexibility index (Phi) is 4.65. The average molecular weight is 323 g/mol. The number of ether oxygens (including phenoxy) is 1. The molecule has 0 saturated heterocycles. The Morgan fingerprint density at radius 3 is 2.29 bits per heavy atom. The lowest BCUT2D eigenvalue weighted by atomic mass is 10.0. The van der Waals surface area contributed by atoms with Gasteiger partial charge >= 0.3 is 5.97 Å². The summed E-state index contributed by atoms with van der Waals surface area (Å²) in [5.41, 5.74) is 3.02. The minimum Gasteiger partial charge on any atom is -0.465 e. The Bertz CT molecular complexity index is 765. The molecular weight excluding hydrogens is 302 g/mol. The molecule has 0 aliphatic heterocycles. The second kappa shape index (κ2) is 6.87. The van der Waals surface area contributed by atoms with E-state index in [9.17, 15) is 9.59 Å². The van der Waals surface area contributed by atoms with E-state index < -0.39 is 5.97 Å². The number of rotatable bonds is 5. The normalized spacial score (nSPS) is 13.4. The van der Waals surface area contributed by atoms with Crippen molar-refractivity contribution >= 4 is 11.9 Å². The summed E-state index contributed by atoms with van der Waals surface area (Å²) in [4.78, 5) is 26.9. The van der Waals surface area contributed by atoms with Gasteiger partial charge in [-0.1, -0.05) is 36.4 Å². The number of carbonyl (C=O) groups is 2. The first-order valence-corrected chi connectivity index (χ1v) is 8.14. The van der Waals surface area contributed by atoms with Crippen molar-refractivity contribution in [2.45, 2.75) is 32.4 Å². The van der Waals surface area contributed by atoms with Crippen LogP contribution in [0.1, 0.15) is 44.7 Å². The highest BCUT2D eigenvalue weighted by Crippen LogP contribution is 2.31. The van der Waals surface area contributed by atoms with E-state index in [4.69, 9.17) is 4.74 Å². The maximum atomic E-state index is 13.1. The summed E-state index contributed by atoms with van der Waals surface area (Å²) < 4.78 is 4.81. The van der Waals surface area contributed by atoms with Gasteiger partial charge in [-0.2, -0.15) is 0 Å². The zero-order valence-electron chi connectivity index (χ0n) is 14.0. The minimum atomic E-state index is -0.481. The average Bonchev–Trinajstić information content (AvgIpc) is 3.44. The van der Waals surface area contributed by atoms with Crippen LogP contribution < -0.4 is 0 Å². The summed E-state index contributed by atoms with van der Waals surface area (Å²) in [6.07, 6.45) is 2.02. The highest BCUT2D eigenvalue weighted by atomic mass is 16.5. The molecular formula is C20H21NO3. The number of benzene rings is 2. The molecule has 2 aromatic rings. The van der Waals surface area contributed by atoms with Gasteiger partial charge in [0.15, 0.2) is 0 Å². The van der Waals surface area contributed by atoms with Crippen molar-refractivity contribution in [2.24, 2.45) is 0 Å². The van der Waals surface area contributed by atoms with Crippen LogP contribution in [0, 0.1) is 6.92 Å². The minimum absolute atomic E-state index is 0.109. The first-order chi connectivity index (χ1) is 11.6. The summed E-state index contributed by atoms with van der Waals surface area (Å²) in [6.45, 7) is 2.61. The van der Waals surface area contributed by atoms with Crippen LogP contribution in [-0.4, -0.2) is 29.9 Å². The number of aryl methyl sites for hydroxylation is 1. The van der Waals surface area contributed by atoms with Crippen LogP contribution in [0.25, 0.3) is 0 Å². The van der Waals surface area contributed by atoms with E-state index in [0.29, 0.717) is 17.7 Å². The molecule has 3 rings (SSSR count). The molecule has 0 spiro atoms. The van der Waals surface area contributed by atoms with E-state index in [0.717, 1.165) is 24.0 Å². The van der Waals surface area contributed by atoms with Gasteiger partial charge in [-0.25, -0.2) is 4.79 Å². The quantitative estimate of drug-likeness (QED) is 0.790. The van der Waals surface area contributed by atoms with Crippen LogP contribution in [0.5, 0.6) is 0 Å². The molecule has 1 aliphatic carbocycles. The van der Waals surface area contributed by atoms with Crippen LogP contribution in [-0.2, 0) is 11.3 Å². The van der Waals surface area contributed by atoms with Crippen LogP contribution >= 0.6 is 0 Å². The Morgan fingerprint density at radius 1 is 1.04 bits per heavy atom. The predicted octanol–water partition coefficient (Wildman–Crippen LogP) is 3.59. The van der Waals surface area contributed by atoms with Crippen LogP contribution in [0.4, 0.5) is 0 Å². The molecule has 24 heavy (non-hydrogen) atoms. The molecule has 4 heteroatoms. The van der Waals surface area contributed by atoms with Crippen molar-refractivity contribution in [3.05, 3.63) is 70.8 Å². The molecule has 124 valence electrons. The van der Waals surface area contributed by atoms with Crippen molar-refractivity contribution in [1.82, 2.24) is 4.90 Å². The van der Waals surface area contributed by atoms with Crippen LogP contribution in [0.15, 0.2) is 48.5 Å². The van der Waals surface area contributed by atoms with Crippen molar-refractivity contribution in [3.8, 4) is 0 Å². The van der Waals surface area contributed by atoms with Gasteiger partial charge in [-0.05, 0) is 43.0 Å². The van der Waals surface area contributed by atoms with E-state index in [-0.39, 0.29) is 11.9 Å². The van der Waals surface area contributed by atoms with Crippen LogP contribution in [0.3, 0.4) is 0 Å². The SMILES string of the molecule is COC(=O)c1ccccc1C(=O)N(Cc1ccccc1C)C1CC1. The zero-order valence-corrected chi connectivity index (χ0v) is 14.0. The third-order valence-electron chi connectivity index (χ3n) is 4.41. The number of amides is 1. The Labute approximate surface area is 142 Å². The smallest absolute Gasteiger partial charge is 0.338 e. The van der Waals surface area contributed by atoms with Gasteiger partial charge in [0.25, 0.3) is 5.91 Å². The molecule has 4 nitrogen and oxygen atoms in total. The van der Waals surface area contributed by atoms with E-state index in [1.54, 1.807) is 24.3 Å². The zero-order chi connectivity index (χ0) is 17.1. The molecule has 0 bridgehead atoms. The van der Waals surface area contributed by atoms with Gasteiger partial charge in [0.05, 0.1) is 18.2 Å². The maximum absolute atomic E-state index is 13.1. The third kappa shape index (κ3) is 3.32. The van der Waals surface area contributed by atoms with Crippen LogP contribution in [0.2, 0.25) is 0 Å². The third-order valence-corrected chi connectivity index (χ3v) is 4.41. The standard InChI is InChI=1S/C20H21NO3/c1-14-7-3-4-8-15(14)13-21(16-11-12-16)19(22)17-9-5-6-10-18(17)20(23)24-2/h3-10,16H,11-13H2,1-2H3. The van der Waals surface area contributed by atoms with Crippen molar-refractivity contribution < 1.29 is 14.3 Å². The van der Waals surface area contributed by atoms with Gasteiger partial charge in [0.2, 0.25) is 0 Å². The number of esters is 1. The first-order valence-electron chi connectivity index (χ1n) is 8.14. The summed E-state index contributed by atoms with van der Waals surface area (Å²) in [7, 11) is 1.33. The predicted molar refractivity (Wildman–Crippen MR) is 91.9 cm³/mol. The number of hydrogen-bond acceptors (Lipinski definition) is 3. The Balaban J connectivity index is 1.91. The lowest BCUT2D eigenvalue weighted by molar-refractivity contribution is 0.0588. The molecule has 1 aliphatic rings. The number of methoxy groups -OCH3 is 1. The summed E-state index contributed by atoms with van der Waals surface area (Å²) in [5.74, 6) is -0.590. The maximum Gasteiger partial charge on any atom is 0.338 e. The highest BCUT2D eigenvalue weighted by molar-refractivity contribution is 6.05. The van der Waals surface area contributed by atoms with Gasteiger partial charge < -0.3 is 9.64 Å². The molecule has 1 amide bonds. The van der Waals surface area contributed by atoms with E-state index in [1.165, 1.54) is 7.11 Å². The highest BCUT2D eigenvalue weighted by Gasteiger charge is 2.34. The molecule has 0 unspecified atom stereocenters. The lowest BCUT2D eigenvalue weighted by Crippen LogP contribution is -2.34. The molecule has 0 heterocycles. The van der Waals surface area contributed by atoms with Gasteiger partial charge in [-0.15, -0.1) is 0 Å². The van der Waals surface area contributed by atoms with E-state index in [2.05, 4.69) is 0 Å². The van der Waals surface area contributed by atoms with Gasteiger partial charge in [0, 0.05) is 12.6 Å². The van der Waals surface area contributed by atoms with Gasteiger partial charge in [-0.3, -0.25) is 4.79 Å². The Hall–Kier alpha value is -2.62. The number of hydrogen-bond donors (Lipinski definition) is 0. The monoisotopic (exact) mass is 323 g/mol. The molecule has 0 aromatic heterocycles. The number of nitrogens with zero attached hydrogens (tertiary/aromatic N) is 1. The Morgan fingerprint density at radius 2 is 1.67 bits per heavy atom. The second-order valence-electron chi connectivity index (χ2n) is 6.13. The number of carbonyl (C=O) groups excluding carboxylic acids is 2. The van der Waals surface area contributed by atoms with E-state index >= 15 is 0 Å². The molecule has 0 N–H and O–H groups in total. The van der Waals surface area contributed by atoms with Crippen molar-refractivity contribution in [3.63, 3.8) is 0 Å². The molecule has 1 saturated carbocycles. The largest absolute Gasteiger partial charge is 0.465 e. The first kappa shape index (κ1) is 16.2. The fourth-order valence-corrected chi connectivity index (χ4v) is 2.84. The summed E-state index contributed by atoms with van der Waals surface area (Å²) in [6, 6.07) is 15.2. The molecule has 1 fully saturated rings. The topological polar surface area (TPSA) is 46.6 Å². The second-order valence-corrected chi connectivity index (χ2v) is 6.13. The molecule has 0 radical (unpaired) electrons. The fraction of sp³-hybridized carbons (Fsp3) is 0.300. The van der Waals surface area contributed by atoms with Crippen molar-refractivity contribution in [1.29, 1.82) is 0 Å². The summed E-state index contributed by atoms with van der Waals surface area (Å²) >= 11 is 0. The molecule has 0 atom stereocenters. The fourth-order valence-electron chi connectivity index (χ4n) is 2.84. The van der Waals surface area contributed by atoms with Crippen molar-refractivity contribution in [2.75, 3.05) is 7.11 Å². The van der Waals surface area contributed by atoms with E-state index in [1.807, 2.05) is 36.1 Å². The van der Waals surface area contributed by atoms with Gasteiger partial charge in [0.1, 0.15) is 0 Å². The summed E-state index contributed by atoms with van der Waals surface area (Å²) in [5, 5.41) is 0.